The molecule has 1 aliphatic rings. The summed E-state index contributed by atoms with van der Waals surface area (Å²) in [5.74, 6) is 1.72. The molecule has 3 atom stereocenters. The van der Waals surface area contributed by atoms with E-state index in [-0.39, 0.29) is 6.04 Å². The van der Waals surface area contributed by atoms with Crippen molar-refractivity contribution in [1.82, 2.24) is 4.90 Å². The molecule has 0 bridgehead atoms. The van der Waals surface area contributed by atoms with Crippen LogP contribution in [0.15, 0.2) is 21.2 Å². The Bertz CT molecular complexity index is 366. The minimum absolute atomic E-state index is 0.207. The third-order valence-corrected chi connectivity index (χ3v) is 4.14. The average Bonchev–Trinajstić information content (AvgIpc) is 2.71. The summed E-state index contributed by atoms with van der Waals surface area (Å²) in [4.78, 5) is 2.49. The van der Waals surface area contributed by atoms with Crippen LogP contribution in [-0.2, 0) is 0 Å². The Labute approximate surface area is 111 Å². The highest BCUT2D eigenvalue weighted by Crippen LogP contribution is 2.31. The van der Waals surface area contributed by atoms with Gasteiger partial charge in [0.1, 0.15) is 5.76 Å². The summed E-state index contributed by atoms with van der Waals surface area (Å²) in [6.07, 6.45) is 2.57. The molecule has 1 saturated heterocycles. The van der Waals surface area contributed by atoms with Gasteiger partial charge in [0.05, 0.1) is 6.04 Å². The predicted molar refractivity (Wildman–Crippen MR) is 72.8 cm³/mol. The molecule has 0 radical (unpaired) electrons. The molecule has 1 aromatic rings. The number of hydrogen-bond donors (Lipinski definition) is 1. The second-order valence-electron chi connectivity index (χ2n) is 5.12. The van der Waals surface area contributed by atoms with Gasteiger partial charge in [0.15, 0.2) is 4.67 Å². The van der Waals surface area contributed by atoms with Crippen molar-refractivity contribution in [2.24, 2.45) is 11.7 Å². The summed E-state index contributed by atoms with van der Waals surface area (Å²) >= 11 is 3.35. The van der Waals surface area contributed by atoms with Crippen LogP contribution in [0.5, 0.6) is 0 Å². The first-order chi connectivity index (χ1) is 8.11. The molecule has 2 rings (SSSR count). The molecular formula is C13H21BrN2O. The SMILES string of the molecule is CC1CCC(C)N(C(CN)c2ccc(Br)o2)C1. The Morgan fingerprint density at radius 3 is 2.82 bits per heavy atom. The standard InChI is InChI=1S/C13H21BrN2O/c1-9-3-4-10(2)16(8-9)11(7-15)12-5-6-13(14)17-12/h5-6,9-11H,3-4,7-8,15H2,1-2H3. The van der Waals surface area contributed by atoms with E-state index in [9.17, 15) is 0 Å². The van der Waals surface area contributed by atoms with E-state index in [1.165, 1.54) is 12.8 Å². The third-order valence-electron chi connectivity index (χ3n) is 3.71. The zero-order chi connectivity index (χ0) is 12.4. The molecule has 0 aliphatic carbocycles. The van der Waals surface area contributed by atoms with Crippen molar-refractivity contribution < 1.29 is 4.42 Å². The van der Waals surface area contributed by atoms with Gasteiger partial charge in [-0.15, -0.1) is 0 Å². The van der Waals surface area contributed by atoms with Gasteiger partial charge >= 0.3 is 0 Å². The molecule has 96 valence electrons. The Balaban J connectivity index is 2.16. The Kier molecular flexibility index (Phi) is 4.28. The maximum absolute atomic E-state index is 5.94. The lowest BCUT2D eigenvalue weighted by Crippen LogP contribution is -2.45. The van der Waals surface area contributed by atoms with Crippen LogP contribution in [0, 0.1) is 5.92 Å². The Hall–Kier alpha value is -0.320. The van der Waals surface area contributed by atoms with Crippen molar-refractivity contribution in [2.45, 2.75) is 38.8 Å². The number of piperidine rings is 1. The Morgan fingerprint density at radius 2 is 2.24 bits per heavy atom. The van der Waals surface area contributed by atoms with E-state index in [0.717, 1.165) is 22.9 Å². The lowest BCUT2D eigenvalue weighted by Gasteiger charge is -2.40. The van der Waals surface area contributed by atoms with Gasteiger partial charge in [0.25, 0.3) is 0 Å². The van der Waals surface area contributed by atoms with Crippen LogP contribution < -0.4 is 5.73 Å². The highest BCUT2D eigenvalue weighted by atomic mass is 79.9. The molecule has 0 amide bonds. The van der Waals surface area contributed by atoms with E-state index in [4.69, 9.17) is 10.2 Å². The fourth-order valence-corrected chi connectivity index (χ4v) is 3.00. The van der Waals surface area contributed by atoms with Crippen molar-refractivity contribution in [3.63, 3.8) is 0 Å². The summed E-state index contributed by atoms with van der Waals surface area (Å²) in [5.41, 5.74) is 5.94. The molecule has 2 heterocycles. The van der Waals surface area contributed by atoms with Crippen LogP contribution in [0.3, 0.4) is 0 Å². The molecule has 4 heteroatoms. The van der Waals surface area contributed by atoms with E-state index in [2.05, 4.69) is 34.7 Å². The van der Waals surface area contributed by atoms with Gasteiger partial charge in [-0.3, -0.25) is 4.90 Å². The monoisotopic (exact) mass is 300 g/mol. The van der Waals surface area contributed by atoms with Gasteiger partial charge < -0.3 is 10.2 Å². The molecule has 0 saturated carbocycles. The minimum Gasteiger partial charge on any atom is -0.453 e. The second kappa shape index (κ2) is 5.55. The normalized spacial score (nSPS) is 28.2. The molecule has 3 unspecified atom stereocenters. The first kappa shape index (κ1) is 13.1. The van der Waals surface area contributed by atoms with E-state index >= 15 is 0 Å². The van der Waals surface area contributed by atoms with E-state index < -0.39 is 0 Å². The van der Waals surface area contributed by atoms with Crippen LogP contribution >= 0.6 is 15.9 Å². The highest BCUT2D eigenvalue weighted by molar-refractivity contribution is 9.10. The van der Waals surface area contributed by atoms with Gasteiger partial charge in [0, 0.05) is 19.1 Å². The fraction of sp³-hybridized carbons (Fsp3) is 0.692. The Morgan fingerprint density at radius 1 is 1.47 bits per heavy atom. The topological polar surface area (TPSA) is 42.4 Å². The van der Waals surface area contributed by atoms with Crippen molar-refractivity contribution in [3.05, 3.63) is 22.6 Å². The quantitative estimate of drug-likeness (QED) is 0.932. The average molecular weight is 301 g/mol. The molecule has 3 nitrogen and oxygen atoms in total. The summed E-state index contributed by atoms with van der Waals surface area (Å²) in [7, 11) is 0. The number of hydrogen-bond acceptors (Lipinski definition) is 3. The lowest BCUT2D eigenvalue weighted by molar-refractivity contribution is 0.0690. The minimum atomic E-state index is 0.207. The van der Waals surface area contributed by atoms with Crippen LogP contribution in [0.1, 0.15) is 38.5 Å². The molecule has 0 aromatic carbocycles. The van der Waals surface area contributed by atoms with Crippen molar-refractivity contribution in [2.75, 3.05) is 13.1 Å². The molecule has 2 N–H and O–H groups in total. The molecular weight excluding hydrogens is 280 g/mol. The smallest absolute Gasteiger partial charge is 0.169 e. The van der Waals surface area contributed by atoms with Crippen molar-refractivity contribution in [3.8, 4) is 0 Å². The van der Waals surface area contributed by atoms with Gasteiger partial charge in [-0.05, 0) is 53.7 Å². The number of rotatable bonds is 3. The largest absolute Gasteiger partial charge is 0.453 e. The number of halogens is 1. The van der Waals surface area contributed by atoms with Crippen LogP contribution in [0.25, 0.3) is 0 Å². The molecule has 0 spiro atoms. The summed E-state index contributed by atoms with van der Waals surface area (Å²) in [5, 5.41) is 0. The van der Waals surface area contributed by atoms with E-state index in [1.54, 1.807) is 0 Å². The zero-order valence-electron chi connectivity index (χ0n) is 10.5. The van der Waals surface area contributed by atoms with Crippen molar-refractivity contribution >= 4 is 15.9 Å². The number of nitrogens with zero attached hydrogens (tertiary/aromatic N) is 1. The fourth-order valence-electron chi connectivity index (χ4n) is 2.68. The molecule has 17 heavy (non-hydrogen) atoms. The van der Waals surface area contributed by atoms with E-state index in [0.29, 0.717) is 12.6 Å². The maximum Gasteiger partial charge on any atom is 0.169 e. The lowest BCUT2D eigenvalue weighted by atomic mass is 9.93. The zero-order valence-corrected chi connectivity index (χ0v) is 12.1. The number of nitrogens with two attached hydrogens (primary N) is 1. The summed E-state index contributed by atoms with van der Waals surface area (Å²) < 4.78 is 6.45. The van der Waals surface area contributed by atoms with Gasteiger partial charge in [-0.1, -0.05) is 6.92 Å². The van der Waals surface area contributed by atoms with Crippen LogP contribution in [0.4, 0.5) is 0 Å². The molecule has 1 fully saturated rings. The van der Waals surface area contributed by atoms with E-state index in [1.807, 2.05) is 12.1 Å². The summed E-state index contributed by atoms with van der Waals surface area (Å²) in [6.45, 7) is 6.31. The highest BCUT2D eigenvalue weighted by Gasteiger charge is 2.30. The second-order valence-corrected chi connectivity index (χ2v) is 5.90. The summed E-state index contributed by atoms with van der Waals surface area (Å²) in [6, 6.07) is 4.76. The predicted octanol–water partition coefficient (Wildman–Crippen LogP) is 3.16. The number of likely N-dealkylation sites (tertiary alicyclic amines) is 1. The number of furan rings is 1. The van der Waals surface area contributed by atoms with Crippen LogP contribution in [0.2, 0.25) is 0 Å². The van der Waals surface area contributed by atoms with Crippen LogP contribution in [-0.4, -0.2) is 24.0 Å². The van der Waals surface area contributed by atoms with Gasteiger partial charge in [0.2, 0.25) is 0 Å². The molecule has 1 aromatic heterocycles. The maximum atomic E-state index is 5.94. The first-order valence-electron chi connectivity index (χ1n) is 6.33. The third kappa shape index (κ3) is 2.92. The first-order valence-corrected chi connectivity index (χ1v) is 7.12. The van der Waals surface area contributed by atoms with Gasteiger partial charge in [-0.25, -0.2) is 0 Å². The molecule has 1 aliphatic heterocycles. The van der Waals surface area contributed by atoms with Gasteiger partial charge in [-0.2, -0.15) is 0 Å². The van der Waals surface area contributed by atoms with Crippen molar-refractivity contribution in [1.29, 1.82) is 0 Å².